The normalized spacial score (nSPS) is 33.1. The maximum atomic E-state index is 13.5. The van der Waals surface area contributed by atoms with E-state index in [2.05, 4.69) is 0 Å². The van der Waals surface area contributed by atoms with Crippen LogP contribution in [-0.2, 0) is 9.53 Å². The highest BCUT2D eigenvalue weighted by Gasteiger charge is 2.67. The Bertz CT molecular complexity index is 571. The van der Waals surface area contributed by atoms with Gasteiger partial charge in [0.25, 0.3) is 0 Å². The van der Waals surface area contributed by atoms with Gasteiger partial charge >= 0.3 is 18.1 Å². The first-order chi connectivity index (χ1) is 10.8. The summed E-state index contributed by atoms with van der Waals surface area (Å²) in [6.07, 6.45) is -4.58. The Morgan fingerprint density at radius 3 is 2.25 bits per heavy atom. The topological polar surface area (TPSA) is 50.1 Å². The third kappa shape index (κ3) is 2.67. The number of rotatable bonds is 4. The Morgan fingerprint density at radius 1 is 1.29 bits per heavy atom. The smallest absolute Gasteiger partial charge is 0.455 e. The summed E-state index contributed by atoms with van der Waals surface area (Å²) in [4.78, 5) is 12.0. The molecule has 2 aliphatic carbocycles. The van der Waals surface area contributed by atoms with E-state index in [0.29, 0.717) is 12.8 Å². The van der Waals surface area contributed by atoms with Crippen LogP contribution in [0.25, 0.3) is 0 Å². The van der Waals surface area contributed by atoms with Crippen molar-refractivity contribution in [2.75, 3.05) is 0 Å². The SMILES string of the molecule is CC1(C)[C@@H]2CC[C@]1(C)C(OC(=O)C(SC#N)C(F)(F)C(F)(F)F)C2. The molecule has 9 heteroatoms. The molecule has 0 amide bonds. The zero-order valence-electron chi connectivity index (χ0n) is 13.4. The summed E-state index contributed by atoms with van der Waals surface area (Å²) in [5, 5.41) is 6.74. The fraction of sp³-hybridized carbons (Fsp3) is 0.867. The van der Waals surface area contributed by atoms with Crippen LogP contribution in [0.4, 0.5) is 22.0 Å². The molecule has 0 aromatic heterocycles. The first-order valence-corrected chi connectivity index (χ1v) is 8.36. The number of carbonyl (C=O) groups is 1. The predicted octanol–water partition coefficient (Wildman–Crippen LogP) is 4.52. The highest BCUT2D eigenvalue weighted by molar-refractivity contribution is 8.05. The van der Waals surface area contributed by atoms with Crippen molar-refractivity contribution in [2.24, 2.45) is 16.7 Å². The van der Waals surface area contributed by atoms with Gasteiger partial charge in [-0.1, -0.05) is 20.8 Å². The fourth-order valence-corrected chi connectivity index (χ4v) is 4.52. The zero-order chi connectivity index (χ0) is 18.6. The molecule has 136 valence electrons. The Morgan fingerprint density at radius 2 is 1.88 bits per heavy atom. The molecule has 0 aromatic rings. The summed E-state index contributed by atoms with van der Waals surface area (Å²) < 4.78 is 69.8. The number of alkyl halides is 5. The van der Waals surface area contributed by atoms with E-state index in [4.69, 9.17) is 10.00 Å². The first-order valence-electron chi connectivity index (χ1n) is 7.49. The number of nitrogens with zero attached hydrogens (tertiary/aromatic N) is 1. The van der Waals surface area contributed by atoms with Gasteiger partial charge < -0.3 is 4.74 Å². The minimum Gasteiger partial charge on any atom is -0.461 e. The molecule has 4 atom stereocenters. The van der Waals surface area contributed by atoms with Gasteiger partial charge in [-0.25, -0.2) is 0 Å². The van der Waals surface area contributed by atoms with Crippen LogP contribution in [0.15, 0.2) is 0 Å². The van der Waals surface area contributed by atoms with E-state index >= 15 is 0 Å². The molecule has 0 N–H and O–H groups in total. The molecule has 3 nitrogen and oxygen atoms in total. The molecule has 2 rings (SSSR count). The number of nitriles is 1. The second-order valence-corrected chi connectivity index (χ2v) is 8.14. The lowest BCUT2D eigenvalue weighted by Gasteiger charge is -2.39. The van der Waals surface area contributed by atoms with Crippen molar-refractivity contribution in [3.63, 3.8) is 0 Å². The number of halogens is 5. The Balaban J connectivity index is 2.21. The third-order valence-corrected chi connectivity index (χ3v) is 6.89. The molecule has 2 bridgehead atoms. The van der Waals surface area contributed by atoms with Gasteiger partial charge in [-0.15, -0.1) is 0 Å². The number of fused-ring (bicyclic) bond motifs is 2. The van der Waals surface area contributed by atoms with Gasteiger partial charge in [0.1, 0.15) is 11.5 Å². The third-order valence-electron chi connectivity index (χ3n) is 6.06. The van der Waals surface area contributed by atoms with Crippen LogP contribution >= 0.6 is 11.8 Å². The number of carbonyl (C=O) groups excluding carboxylic acids is 1. The lowest BCUT2D eigenvalue weighted by atomic mass is 9.70. The van der Waals surface area contributed by atoms with Gasteiger partial charge in [-0.3, -0.25) is 4.79 Å². The number of esters is 1. The van der Waals surface area contributed by atoms with Gasteiger partial charge in [0.05, 0.1) is 0 Å². The van der Waals surface area contributed by atoms with Crippen LogP contribution in [-0.4, -0.2) is 29.4 Å². The monoisotopic (exact) mass is 371 g/mol. The van der Waals surface area contributed by atoms with Gasteiger partial charge in [0.15, 0.2) is 5.25 Å². The molecular weight excluding hydrogens is 353 g/mol. The van der Waals surface area contributed by atoms with E-state index in [0.717, 1.165) is 11.8 Å². The minimum atomic E-state index is -5.93. The second-order valence-electron chi connectivity index (χ2n) is 7.25. The van der Waals surface area contributed by atoms with Crippen molar-refractivity contribution in [2.45, 2.75) is 63.5 Å². The molecule has 0 heterocycles. The highest BCUT2D eigenvalue weighted by Crippen LogP contribution is 2.66. The number of hydrogen-bond acceptors (Lipinski definition) is 4. The first kappa shape index (κ1) is 19.3. The fourth-order valence-electron chi connectivity index (χ4n) is 3.98. The van der Waals surface area contributed by atoms with E-state index in [1.165, 1.54) is 0 Å². The molecular formula is C15H18F5NO2S. The van der Waals surface area contributed by atoms with E-state index in [9.17, 15) is 26.7 Å². The van der Waals surface area contributed by atoms with E-state index in [1.807, 2.05) is 20.8 Å². The van der Waals surface area contributed by atoms with Crippen molar-refractivity contribution in [3.8, 4) is 5.40 Å². The Labute approximate surface area is 140 Å². The molecule has 0 radical (unpaired) electrons. The molecule has 2 fully saturated rings. The molecule has 2 saturated carbocycles. The average molecular weight is 371 g/mol. The van der Waals surface area contributed by atoms with E-state index in [1.54, 1.807) is 0 Å². The molecule has 0 aromatic carbocycles. The molecule has 0 saturated heterocycles. The van der Waals surface area contributed by atoms with Crippen LogP contribution in [0.5, 0.6) is 0 Å². The van der Waals surface area contributed by atoms with Gasteiger partial charge in [-0.05, 0) is 42.4 Å². The highest BCUT2D eigenvalue weighted by atomic mass is 32.2. The average Bonchev–Trinajstić information content (AvgIpc) is 2.76. The van der Waals surface area contributed by atoms with Gasteiger partial charge in [-0.2, -0.15) is 27.2 Å². The summed E-state index contributed by atoms with van der Waals surface area (Å²) in [5.41, 5.74) is -0.662. The van der Waals surface area contributed by atoms with Crippen molar-refractivity contribution in [1.29, 1.82) is 5.26 Å². The quantitative estimate of drug-likeness (QED) is 0.414. The number of ether oxygens (including phenoxy) is 1. The summed E-state index contributed by atoms with van der Waals surface area (Å²) in [5.74, 6) is -6.79. The van der Waals surface area contributed by atoms with Crippen LogP contribution < -0.4 is 0 Å². The van der Waals surface area contributed by atoms with Gasteiger partial charge in [0.2, 0.25) is 0 Å². The summed E-state index contributed by atoms with van der Waals surface area (Å²) >= 11 is -0.418. The lowest BCUT2D eigenvalue weighted by molar-refractivity contribution is -0.281. The largest absolute Gasteiger partial charge is 0.461 e. The molecule has 0 aliphatic heterocycles. The Hall–Kier alpha value is -1.04. The van der Waals surface area contributed by atoms with Crippen LogP contribution in [0.2, 0.25) is 0 Å². The maximum absolute atomic E-state index is 13.5. The lowest BCUT2D eigenvalue weighted by Crippen LogP contribution is -2.51. The minimum absolute atomic E-state index is 0.192. The number of hydrogen-bond donors (Lipinski definition) is 0. The Kier molecular flexibility index (Phi) is 4.62. The van der Waals surface area contributed by atoms with Crippen molar-refractivity contribution < 1.29 is 31.5 Å². The molecule has 2 unspecified atom stereocenters. The van der Waals surface area contributed by atoms with E-state index in [-0.39, 0.29) is 11.3 Å². The van der Waals surface area contributed by atoms with E-state index < -0.39 is 46.6 Å². The molecule has 0 spiro atoms. The number of thiocyanates is 1. The van der Waals surface area contributed by atoms with Crippen molar-refractivity contribution >= 4 is 17.7 Å². The molecule has 24 heavy (non-hydrogen) atoms. The maximum Gasteiger partial charge on any atom is 0.455 e. The van der Waals surface area contributed by atoms with Crippen LogP contribution in [0, 0.1) is 27.4 Å². The van der Waals surface area contributed by atoms with Crippen LogP contribution in [0.3, 0.4) is 0 Å². The predicted molar refractivity (Wildman–Crippen MR) is 77.1 cm³/mol. The summed E-state index contributed by atoms with van der Waals surface area (Å²) in [7, 11) is 0. The summed E-state index contributed by atoms with van der Waals surface area (Å²) in [6, 6.07) is 0. The zero-order valence-corrected chi connectivity index (χ0v) is 14.2. The summed E-state index contributed by atoms with van der Waals surface area (Å²) in [6.45, 7) is 5.85. The van der Waals surface area contributed by atoms with Crippen molar-refractivity contribution in [1.82, 2.24) is 0 Å². The van der Waals surface area contributed by atoms with Crippen molar-refractivity contribution in [3.05, 3.63) is 0 Å². The van der Waals surface area contributed by atoms with Crippen LogP contribution in [0.1, 0.15) is 40.0 Å². The molecule has 2 aliphatic rings. The second kappa shape index (κ2) is 5.75. The standard InChI is InChI=1S/C15H18F5NO2S/c1-12(2)8-4-5-13(12,3)9(6-8)23-11(22)10(24-7-21)14(16,17)15(18,19)20/h8-10H,4-6H2,1-3H3/t8-,9?,10?,13-/m1/s1. The van der Waals surface area contributed by atoms with Gasteiger partial charge in [0, 0.05) is 5.41 Å². The number of thioether (sulfide) groups is 1.